The zero-order valence-corrected chi connectivity index (χ0v) is 22.6. The summed E-state index contributed by atoms with van der Waals surface area (Å²) in [5.41, 5.74) is 4.55. The van der Waals surface area contributed by atoms with Crippen LogP contribution in [0.1, 0.15) is 28.3 Å². The molecule has 4 rings (SSSR count). The van der Waals surface area contributed by atoms with Crippen LogP contribution >= 0.6 is 0 Å². The normalized spacial score (nSPS) is 16.8. The summed E-state index contributed by atoms with van der Waals surface area (Å²) in [4.78, 5) is 31.8. The molecule has 1 unspecified atom stereocenters. The van der Waals surface area contributed by atoms with Gasteiger partial charge in [-0.3, -0.25) is 9.59 Å². The molecule has 3 aromatic rings. The van der Waals surface area contributed by atoms with Crippen LogP contribution in [0.5, 0.6) is 5.75 Å². The highest BCUT2D eigenvalue weighted by molar-refractivity contribution is 6.46. The van der Waals surface area contributed by atoms with E-state index in [1.807, 2.05) is 87.4 Å². The van der Waals surface area contributed by atoms with Gasteiger partial charge >= 0.3 is 0 Å². The van der Waals surface area contributed by atoms with Gasteiger partial charge in [-0.2, -0.15) is 0 Å². The fourth-order valence-electron chi connectivity index (χ4n) is 4.55. The zero-order chi connectivity index (χ0) is 27.4. The number of aryl methyl sites for hydroxylation is 1. The Morgan fingerprint density at radius 2 is 1.63 bits per heavy atom. The number of nitrogens with zero attached hydrogens (tertiary/aromatic N) is 3. The Hall–Kier alpha value is -4.10. The molecule has 1 aliphatic heterocycles. The number of carbonyl (C=O) groups is 2. The first-order chi connectivity index (χ1) is 18.2. The predicted molar refractivity (Wildman–Crippen MR) is 150 cm³/mol. The first-order valence-electron chi connectivity index (χ1n) is 12.6. The van der Waals surface area contributed by atoms with Gasteiger partial charge in [-0.05, 0) is 68.5 Å². The third-order valence-electron chi connectivity index (χ3n) is 6.67. The minimum atomic E-state index is -0.678. The number of likely N-dealkylation sites (N-methyl/N-ethyl adjacent to an activating group) is 1. The first-order valence-corrected chi connectivity index (χ1v) is 12.6. The molecule has 0 saturated carbocycles. The molecule has 0 aromatic heterocycles. The number of ether oxygens (including phenoxy) is 1. The second-order valence-corrected chi connectivity index (χ2v) is 10.1. The molecule has 3 aromatic carbocycles. The molecule has 198 valence electrons. The van der Waals surface area contributed by atoms with E-state index >= 15 is 0 Å². The third-order valence-corrected chi connectivity index (χ3v) is 6.67. The summed E-state index contributed by atoms with van der Waals surface area (Å²) in [6.45, 7) is 3.41. The molecule has 1 saturated heterocycles. The van der Waals surface area contributed by atoms with Gasteiger partial charge in [0.25, 0.3) is 11.7 Å². The number of carbonyl (C=O) groups excluding carboxylic acids is 2. The van der Waals surface area contributed by atoms with Crippen molar-refractivity contribution in [3.05, 3.63) is 101 Å². The molecule has 1 heterocycles. The topological polar surface area (TPSA) is 73.3 Å². The van der Waals surface area contributed by atoms with Crippen molar-refractivity contribution in [1.29, 1.82) is 0 Å². The van der Waals surface area contributed by atoms with E-state index in [0.717, 1.165) is 16.8 Å². The van der Waals surface area contributed by atoms with Crippen LogP contribution in [0.2, 0.25) is 0 Å². The molecule has 7 heteroatoms. The number of benzene rings is 3. The average molecular weight is 514 g/mol. The SMILES string of the molecule is Cc1cccc(COc2ccc(C(O)=C3C(=O)C(=O)N(CCN(C)C)C3c3ccc(N(C)C)cc3)cc2)c1. The molecule has 1 amide bonds. The van der Waals surface area contributed by atoms with E-state index in [1.54, 1.807) is 29.2 Å². The Morgan fingerprint density at radius 1 is 0.947 bits per heavy atom. The van der Waals surface area contributed by atoms with Crippen LogP contribution in [0.4, 0.5) is 5.69 Å². The maximum atomic E-state index is 13.2. The maximum Gasteiger partial charge on any atom is 0.295 e. The number of Topliss-reactive ketones (excluding diaryl/α,β-unsaturated/α-hetero) is 1. The van der Waals surface area contributed by atoms with Gasteiger partial charge < -0.3 is 24.5 Å². The molecule has 38 heavy (non-hydrogen) atoms. The van der Waals surface area contributed by atoms with E-state index in [0.29, 0.717) is 31.0 Å². The Bertz CT molecular complexity index is 1330. The maximum absolute atomic E-state index is 13.2. The van der Waals surface area contributed by atoms with Crippen molar-refractivity contribution in [2.45, 2.75) is 19.6 Å². The van der Waals surface area contributed by atoms with Crippen LogP contribution in [0.15, 0.2) is 78.4 Å². The lowest BCUT2D eigenvalue weighted by Crippen LogP contribution is -2.35. The Morgan fingerprint density at radius 3 is 2.24 bits per heavy atom. The zero-order valence-electron chi connectivity index (χ0n) is 22.6. The van der Waals surface area contributed by atoms with Crippen LogP contribution in [0, 0.1) is 6.92 Å². The highest BCUT2D eigenvalue weighted by atomic mass is 16.5. The molecule has 0 spiro atoms. The van der Waals surface area contributed by atoms with Crippen LogP contribution in [0.3, 0.4) is 0 Å². The van der Waals surface area contributed by atoms with Crippen LogP contribution in [-0.2, 0) is 16.2 Å². The fourth-order valence-corrected chi connectivity index (χ4v) is 4.55. The molecular formula is C31H35N3O4. The summed E-state index contributed by atoms with van der Waals surface area (Å²) in [5.74, 6) is -0.830. The Labute approximate surface area is 224 Å². The summed E-state index contributed by atoms with van der Waals surface area (Å²) in [7, 11) is 7.74. The molecule has 1 atom stereocenters. The van der Waals surface area contributed by atoms with E-state index in [9.17, 15) is 14.7 Å². The van der Waals surface area contributed by atoms with Gasteiger partial charge in [0.1, 0.15) is 18.1 Å². The number of aliphatic hydroxyl groups excluding tert-OH is 1. The molecule has 1 N–H and O–H groups in total. The number of anilines is 1. The third kappa shape index (κ3) is 5.89. The largest absolute Gasteiger partial charge is 0.507 e. The standard InChI is InChI=1S/C31H35N3O4/c1-21-7-6-8-22(19-21)20-38-26-15-11-24(12-16-26)29(35)27-28(23-9-13-25(14-10-23)33(4)5)34(18-17-32(2)3)31(37)30(27)36/h6-16,19,28,35H,17-18,20H2,1-5H3. The minimum Gasteiger partial charge on any atom is -0.507 e. The monoisotopic (exact) mass is 513 g/mol. The Kier molecular flexibility index (Phi) is 8.17. The molecule has 0 radical (unpaired) electrons. The van der Waals surface area contributed by atoms with Crippen LogP contribution in [0.25, 0.3) is 5.76 Å². The lowest BCUT2D eigenvalue weighted by atomic mass is 9.95. The Balaban J connectivity index is 1.65. The number of likely N-dealkylation sites (tertiary alicyclic amines) is 1. The van der Waals surface area contributed by atoms with Gasteiger partial charge in [-0.25, -0.2) is 0 Å². The van der Waals surface area contributed by atoms with E-state index < -0.39 is 17.7 Å². The number of amides is 1. The first kappa shape index (κ1) is 26.9. The van der Waals surface area contributed by atoms with E-state index in [4.69, 9.17) is 4.74 Å². The van der Waals surface area contributed by atoms with Crippen molar-refractivity contribution in [2.75, 3.05) is 46.2 Å². The number of aliphatic hydroxyl groups is 1. The quantitative estimate of drug-likeness (QED) is 0.256. The van der Waals surface area contributed by atoms with Gasteiger partial charge in [0.05, 0.1) is 11.6 Å². The van der Waals surface area contributed by atoms with Crippen molar-refractivity contribution >= 4 is 23.1 Å². The number of hydrogen-bond acceptors (Lipinski definition) is 6. The van der Waals surface area contributed by atoms with Gasteiger partial charge in [0.2, 0.25) is 0 Å². The highest BCUT2D eigenvalue weighted by Gasteiger charge is 2.45. The molecule has 0 bridgehead atoms. The van der Waals surface area contributed by atoms with Crippen molar-refractivity contribution in [3.63, 3.8) is 0 Å². The van der Waals surface area contributed by atoms with Crippen LogP contribution in [-0.4, -0.2) is 67.9 Å². The van der Waals surface area contributed by atoms with Crippen LogP contribution < -0.4 is 9.64 Å². The lowest BCUT2D eigenvalue weighted by Gasteiger charge is -2.27. The summed E-state index contributed by atoms with van der Waals surface area (Å²) in [5, 5.41) is 11.3. The van der Waals surface area contributed by atoms with E-state index in [1.165, 1.54) is 5.56 Å². The fraction of sp³-hybridized carbons (Fsp3) is 0.290. The van der Waals surface area contributed by atoms with Crippen molar-refractivity contribution in [2.24, 2.45) is 0 Å². The molecule has 7 nitrogen and oxygen atoms in total. The molecule has 0 aliphatic carbocycles. The number of ketones is 1. The van der Waals surface area contributed by atoms with Gasteiger partial charge in [-0.1, -0.05) is 42.0 Å². The minimum absolute atomic E-state index is 0.0970. The van der Waals surface area contributed by atoms with Gasteiger partial charge in [0.15, 0.2) is 0 Å². The van der Waals surface area contributed by atoms with E-state index in [-0.39, 0.29) is 11.3 Å². The van der Waals surface area contributed by atoms with E-state index in [2.05, 4.69) is 6.07 Å². The average Bonchev–Trinajstić information content (AvgIpc) is 3.15. The molecule has 1 aliphatic rings. The van der Waals surface area contributed by atoms with Crippen molar-refractivity contribution < 1.29 is 19.4 Å². The molecular weight excluding hydrogens is 478 g/mol. The smallest absolute Gasteiger partial charge is 0.295 e. The second-order valence-electron chi connectivity index (χ2n) is 10.1. The summed E-state index contributed by atoms with van der Waals surface area (Å²) >= 11 is 0. The molecule has 1 fully saturated rings. The predicted octanol–water partition coefficient (Wildman–Crippen LogP) is 4.62. The summed E-state index contributed by atoms with van der Waals surface area (Å²) < 4.78 is 5.90. The van der Waals surface area contributed by atoms with Crippen molar-refractivity contribution in [1.82, 2.24) is 9.80 Å². The summed E-state index contributed by atoms with van der Waals surface area (Å²) in [6.07, 6.45) is 0. The lowest BCUT2D eigenvalue weighted by molar-refractivity contribution is -0.140. The summed E-state index contributed by atoms with van der Waals surface area (Å²) in [6, 6.07) is 22.1. The number of hydrogen-bond donors (Lipinski definition) is 1. The van der Waals surface area contributed by atoms with Crippen molar-refractivity contribution in [3.8, 4) is 5.75 Å². The number of rotatable bonds is 9. The van der Waals surface area contributed by atoms with Gasteiger partial charge in [0, 0.05) is 38.4 Å². The highest BCUT2D eigenvalue weighted by Crippen LogP contribution is 2.39. The second kappa shape index (κ2) is 11.5. The van der Waals surface area contributed by atoms with Gasteiger partial charge in [-0.15, -0.1) is 0 Å².